The number of halogens is 2. The van der Waals surface area contributed by atoms with Crippen LogP contribution in [0.5, 0.6) is 5.75 Å². The minimum absolute atomic E-state index is 0.257. The third-order valence-corrected chi connectivity index (χ3v) is 3.80. The predicted octanol–water partition coefficient (Wildman–Crippen LogP) is 5.60. The van der Waals surface area contributed by atoms with Crippen LogP contribution in [0.1, 0.15) is 51.0 Å². The molecule has 0 bridgehead atoms. The standard InChI is InChI=1S/C14H20Cl2O/c1-2-3-4-5-6-7-8-11-13(17)10-9-12(15)14(11)16/h9-10,17H,2-8H2,1H3. The molecule has 0 fully saturated rings. The lowest BCUT2D eigenvalue weighted by Crippen LogP contribution is -1.89. The van der Waals surface area contributed by atoms with E-state index in [1.165, 1.54) is 32.1 Å². The molecule has 0 atom stereocenters. The Morgan fingerprint density at radius 2 is 1.65 bits per heavy atom. The molecule has 1 N–H and O–H groups in total. The van der Waals surface area contributed by atoms with Gasteiger partial charge >= 0.3 is 0 Å². The van der Waals surface area contributed by atoms with Crippen molar-refractivity contribution in [2.45, 2.75) is 51.9 Å². The second-order valence-electron chi connectivity index (χ2n) is 4.38. The minimum atomic E-state index is 0.257. The molecule has 1 nitrogen and oxygen atoms in total. The van der Waals surface area contributed by atoms with Gasteiger partial charge in [-0.1, -0.05) is 62.2 Å². The molecule has 1 aromatic carbocycles. The lowest BCUT2D eigenvalue weighted by molar-refractivity contribution is 0.466. The normalized spacial score (nSPS) is 10.8. The quantitative estimate of drug-likeness (QED) is 0.642. The number of aromatic hydroxyl groups is 1. The van der Waals surface area contributed by atoms with Gasteiger partial charge < -0.3 is 5.11 Å². The molecule has 0 heterocycles. The van der Waals surface area contributed by atoms with Crippen LogP contribution in [-0.2, 0) is 6.42 Å². The van der Waals surface area contributed by atoms with E-state index in [4.69, 9.17) is 23.2 Å². The Kier molecular flexibility index (Phi) is 6.76. The van der Waals surface area contributed by atoms with Gasteiger partial charge in [-0.05, 0) is 25.0 Å². The third-order valence-electron chi connectivity index (χ3n) is 2.95. The highest BCUT2D eigenvalue weighted by atomic mass is 35.5. The van der Waals surface area contributed by atoms with Crippen molar-refractivity contribution in [3.05, 3.63) is 27.7 Å². The number of hydrogen-bond donors (Lipinski definition) is 1. The van der Waals surface area contributed by atoms with Crippen LogP contribution in [0, 0.1) is 0 Å². The molecule has 0 aliphatic carbocycles. The highest BCUT2D eigenvalue weighted by Crippen LogP contribution is 2.33. The van der Waals surface area contributed by atoms with Gasteiger partial charge in [-0.15, -0.1) is 0 Å². The molecule has 0 aliphatic heterocycles. The van der Waals surface area contributed by atoms with E-state index in [2.05, 4.69) is 6.92 Å². The summed E-state index contributed by atoms with van der Waals surface area (Å²) in [6.07, 6.45) is 8.17. The Hall–Kier alpha value is -0.400. The second kappa shape index (κ2) is 7.84. The zero-order valence-electron chi connectivity index (χ0n) is 10.3. The Balaban J connectivity index is 2.39. The van der Waals surface area contributed by atoms with E-state index in [1.54, 1.807) is 12.1 Å². The van der Waals surface area contributed by atoms with Gasteiger partial charge in [0.15, 0.2) is 0 Å². The zero-order valence-corrected chi connectivity index (χ0v) is 11.8. The number of rotatable bonds is 7. The van der Waals surface area contributed by atoms with Gasteiger partial charge in [-0.2, -0.15) is 0 Å². The SMILES string of the molecule is CCCCCCCCc1c(O)ccc(Cl)c1Cl. The average Bonchev–Trinajstić information content (AvgIpc) is 2.32. The molecule has 0 unspecified atom stereocenters. The predicted molar refractivity (Wildman–Crippen MR) is 75.2 cm³/mol. The number of phenolic OH excluding ortho intramolecular Hbond substituents is 1. The fraction of sp³-hybridized carbons (Fsp3) is 0.571. The Bertz CT molecular complexity index is 350. The van der Waals surface area contributed by atoms with Gasteiger partial charge in [0.05, 0.1) is 10.0 Å². The molecule has 96 valence electrons. The van der Waals surface area contributed by atoms with E-state index < -0.39 is 0 Å². The first-order valence-corrected chi connectivity index (χ1v) is 7.08. The molecular formula is C14H20Cl2O. The second-order valence-corrected chi connectivity index (χ2v) is 5.16. The molecule has 0 radical (unpaired) electrons. The van der Waals surface area contributed by atoms with Crippen molar-refractivity contribution < 1.29 is 5.11 Å². The van der Waals surface area contributed by atoms with Gasteiger partial charge in [0.1, 0.15) is 5.75 Å². The summed E-state index contributed by atoms with van der Waals surface area (Å²) in [5.74, 6) is 0.257. The first-order valence-electron chi connectivity index (χ1n) is 6.32. The molecule has 0 spiro atoms. The molecule has 1 rings (SSSR count). The van der Waals surface area contributed by atoms with Crippen molar-refractivity contribution in [2.24, 2.45) is 0 Å². The maximum atomic E-state index is 9.71. The highest BCUT2D eigenvalue weighted by molar-refractivity contribution is 6.42. The van der Waals surface area contributed by atoms with E-state index >= 15 is 0 Å². The van der Waals surface area contributed by atoms with Crippen molar-refractivity contribution in [1.82, 2.24) is 0 Å². The monoisotopic (exact) mass is 274 g/mol. The van der Waals surface area contributed by atoms with Gasteiger partial charge in [-0.25, -0.2) is 0 Å². The largest absolute Gasteiger partial charge is 0.508 e. The van der Waals surface area contributed by atoms with E-state index in [9.17, 15) is 5.11 Å². The summed E-state index contributed by atoms with van der Waals surface area (Å²) >= 11 is 12.0. The lowest BCUT2D eigenvalue weighted by atomic mass is 10.0. The number of unbranched alkanes of at least 4 members (excludes halogenated alkanes) is 5. The Labute approximate surface area is 114 Å². The molecule has 0 saturated heterocycles. The zero-order chi connectivity index (χ0) is 12.7. The van der Waals surface area contributed by atoms with Gasteiger partial charge in [0.25, 0.3) is 0 Å². The van der Waals surface area contributed by atoms with Crippen LogP contribution in [0.2, 0.25) is 10.0 Å². The highest BCUT2D eigenvalue weighted by Gasteiger charge is 2.09. The summed E-state index contributed by atoms with van der Waals surface area (Å²) in [6, 6.07) is 3.24. The topological polar surface area (TPSA) is 20.2 Å². The summed E-state index contributed by atoms with van der Waals surface area (Å²) < 4.78 is 0. The summed E-state index contributed by atoms with van der Waals surface area (Å²) in [4.78, 5) is 0. The van der Waals surface area contributed by atoms with E-state index in [1.807, 2.05) is 0 Å². The first kappa shape index (κ1) is 14.7. The van der Waals surface area contributed by atoms with Crippen molar-refractivity contribution in [1.29, 1.82) is 0 Å². The van der Waals surface area contributed by atoms with Crippen LogP contribution < -0.4 is 0 Å². The fourth-order valence-corrected chi connectivity index (χ4v) is 2.33. The van der Waals surface area contributed by atoms with E-state index in [0.717, 1.165) is 18.4 Å². The lowest BCUT2D eigenvalue weighted by Gasteiger charge is -2.08. The van der Waals surface area contributed by atoms with Crippen LogP contribution in [0.4, 0.5) is 0 Å². The fourth-order valence-electron chi connectivity index (χ4n) is 1.90. The summed E-state index contributed by atoms with van der Waals surface area (Å²) in [7, 11) is 0. The molecular weight excluding hydrogens is 255 g/mol. The number of phenols is 1. The van der Waals surface area contributed by atoms with Crippen LogP contribution in [0.15, 0.2) is 12.1 Å². The summed E-state index contributed by atoms with van der Waals surface area (Å²) in [5, 5.41) is 10.7. The van der Waals surface area contributed by atoms with Gasteiger partial charge in [0, 0.05) is 5.56 Å². The molecule has 1 aromatic rings. The van der Waals surface area contributed by atoms with Crippen molar-refractivity contribution in [2.75, 3.05) is 0 Å². The van der Waals surface area contributed by atoms with Crippen molar-refractivity contribution in [3.8, 4) is 5.75 Å². The van der Waals surface area contributed by atoms with Gasteiger partial charge in [0.2, 0.25) is 0 Å². The maximum absolute atomic E-state index is 9.71. The van der Waals surface area contributed by atoms with Crippen molar-refractivity contribution in [3.63, 3.8) is 0 Å². The number of benzene rings is 1. The summed E-state index contributed by atoms with van der Waals surface area (Å²) in [5.41, 5.74) is 0.787. The maximum Gasteiger partial charge on any atom is 0.120 e. The van der Waals surface area contributed by atoms with Gasteiger partial charge in [-0.3, -0.25) is 0 Å². The van der Waals surface area contributed by atoms with Crippen LogP contribution >= 0.6 is 23.2 Å². The number of hydrogen-bond acceptors (Lipinski definition) is 1. The van der Waals surface area contributed by atoms with Crippen LogP contribution in [0.25, 0.3) is 0 Å². The smallest absolute Gasteiger partial charge is 0.120 e. The first-order chi connectivity index (χ1) is 8.16. The molecule has 0 aliphatic rings. The third kappa shape index (κ3) is 4.77. The summed E-state index contributed by atoms with van der Waals surface area (Å²) in [6.45, 7) is 2.21. The molecule has 0 saturated carbocycles. The van der Waals surface area contributed by atoms with Crippen LogP contribution in [-0.4, -0.2) is 5.11 Å². The van der Waals surface area contributed by atoms with E-state index in [0.29, 0.717) is 10.0 Å². The molecule has 3 heteroatoms. The molecule has 0 amide bonds. The molecule has 0 aromatic heterocycles. The van der Waals surface area contributed by atoms with Crippen LogP contribution in [0.3, 0.4) is 0 Å². The Morgan fingerprint density at radius 1 is 1.00 bits per heavy atom. The minimum Gasteiger partial charge on any atom is -0.508 e. The van der Waals surface area contributed by atoms with E-state index in [-0.39, 0.29) is 5.75 Å². The Morgan fingerprint density at radius 3 is 2.35 bits per heavy atom. The average molecular weight is 275 g/mol. The molecule has 17 heavy (non-hydrogen) atoms. The van der Waals surface area contributed by atoms with Crippen molar-refractivity contribution >= 4 is 23.2 Å².